The highest BCUT2D eigenvalue weighted by molar-refractivity contribution is 6.30. The molecule has 3 aromatic carbocycles. The summed E-state index contributed by atoms with van der Waals surface area (Å²) in [4.78, 5) is 27.5. The third kappa shape index (κ3) is 3.26. The molecule has 30 heavy (non-hydrogen) atoms. The lowest BCUT2D eigenvalue weighted by Crippen LogP contribution is -2.44. The first-order valence-corrected chi connectivity index (χ1v) is 9.96. The zero-order chi connectivity index (χ0) is 21.5. The second-order valence-corrected chi connectivity index (χ2v) is 7.88. The molecule has 1 atom stereocenters. The Hall–Kier alpha value is -3.15. The van der Waals surface area contributed by atoms with Crippen LogP contribution in [0.1, 0.15) is 22.3 Å². The van der Waals surface area contributed by atoms with E-state index in [-0.39, 0.29) is 12.5 Å². The number of anilines is 2. The molecule has 1 heterocycles. The summed E-state index contributed by atoms with van der Waals surface area (Å²) < 4.78 is 0. The second-order valence-electron chi connectivity index (χ2n) is 7.44. The second kappa shape index (κ2) is 7.59. The zero-order valence-electron chi connectivity index (χ0n) is 16.6. The topological polar surface area (TPSA) is 69.6 Å². The fourth-order valence-corrected chi connectivity index (χ4v) is 4.11. The highest BCUT2D eigenvalue weighted by Crippen LogP contribution is 2.44. The molecular formula is C24H21ClN2O3. The molecule has 0 saturated heterocycles. The van der Waals surface area contributed by atoms with Crippen LogP contribution >= 0.6 is 11.6 Å². The predicted octanol–water partition coefficient (Wildman–Crippen LogP) is 4.18. The number of nitrogens with one attached hydrogen (secondary N) is 1. The monoisotopic (exact) mass is 420 g/mol. The first-order valence-electron chi connectivity index (χ1n) is 9.58. The first kappa shape index (κ1) is 20.1. The summed E-state index contributed by atoms with van der Waals surface area (Å²) in [6.45, 7) is 3.61. The number of hydrogen-bond donors (Lipinski definition) is 2. The van der Waals surface area contributed by atoms with Gasteiger partial charge in [0.2, 0.25) is 5.91 Å². The summed E-state index contributed by atoms with van der Waals surface area (Å²) in [6.07, 6.45) is 0. The molecule has 6 heteroatoms. The van der Waals surface area contributed by atoms with Crippen LogP contribution in [0.15, 0.2) is 66.7 Å². The van der Waals surface area contributed by atoms with Gasteiger partial charge in [0, 0.05) is 16.3 Å². The highest BCUT2D eigenvalue weighted by Gasteiger charge is 2.51. The molecule has 4 rings (SSSR count). The maximum atomic E-state index is 13.4. The Kier molecular flexibility index (Phi) is 5.10. The van der Waals surface area contributed by atoms with E-state index in [1.165, 1.54) is 4.90 Å². The Morgan fingerprint density at radius 2 is 1.70 bits per heavy atom. The fourth-order valence-electron chi connectivity index (χ4n) is 3.92. The smallest absolute Gasteiger partial charge is 0.268 e. The number of carbonyl (C=O) groups is 2. The summed E-state index contributed by atoms with van der Waals surface area (Å²) in [6, 6.07) is 19.3. The van der Waals surface area contributed by atoms with Crippen molar-refractivity contribution in [1.82, 2.24) is 0 Å². The number of carbonyl (C=O) groups excluding carboxylic acids is 2. The lowest BCUT2D eigenvalue weighted by atomic mass is 9.87. The third-order valence-corrected chi connectivity index (χ3v) is 5.66. The van der Waals surface area contributed by atoms with Crippen molar-refractivity contribution >= 4 is 34.8 Å². The molecule has 0 radical (unpaired) electrons. The lowest BCUT2D eigenvalue weighted by Gasteiger charge is -2.24. The van der Waals surface area contributed by atoms with Gasteiger partial charge in [0.15, 0.2) is 5.60 Å². The number of fused-ring (bicyclic) bond motifs is 1. The maximum absolute atomic E-state index is 13.4. The standard InChI is InChI=1S/C24H21ClN2O3/c1-15-7-5-8-16(2)22(15)26-21(28)14-27-20-12-4-3-11-19(20)24(30,23(27)29)17-9-6-10-18(25)13-17/h3-13,30H,14H2,1-2H3,(H,26,28). The fraction of sp³-hybridized carbons (Fsp3) is 0.167. The normalized spacial score (nSPS) is 17.7. The SMILES string of the molecule is Cc1cccc(C)c1NC(=O)CN1C(=O)C(O)(c2cccc(Cl)c2)c2ccccc21. The number of benzene rings is 3. The summed E-state index contributed by atoms with van der Waals surface area (Å²) >= 11 is 6.10. The lowest BCUT2D eigenvalue weighted by molar-refractivity contribution is -0.133. The van der Waals surface area contributed by atoms with E-state index >= 15 is 0 Å². The Balaban J connectivity index is 1.68. The van der Waals surface area contributed by atoms with Crippen LogP contribution < -0.4 is 10.2 Å². The number of nitrogens with zero attached hydrogens (tertiary/aromatic N) is 1. The molecule has 0 spiro atoms. The van der Waals surface area contributed by atoms with Crippen molar-refractivity contribution < 1.29 is 14.7 Å². The van der Waals surface area contributed by atoms with Crippen LogP contribution in [0.3, 0.4) is 0 Å². The van der Waals surface area contributed by atoms with Gasteiger partial charge in [-0.1, -0.05) is 60.1 Å². The van der Waals surface area contributed by atoms with E-state index in [0.717, 1.165) is 16.8 Å². The van der Waals surface area contributed by atoms with Gasteiger partial charge < -0.3 is 10.4 Å². The quantitative estimate of drug-likeness (QED) is 0.665. The van der Waals surface area contributed by atoms with Gasteiger partial charge in [-0.15, -0.1) is 0 Å². The summed E-state index contributed by atoms with van der Waals surface area (Å²) in [7, 11) is 0. The van der Waals surface area contributed by atoms with Gasteiger partial charge in [0.25, 0.3) is 5.91 Å². The van der Waals surface area contributed by atoms with Gasteiger partial charge in [-0.05, 0) is 48.7 Å². The molecular weight excluding hydrogens is 400 g/mol. The molecule has 0 fully saturated rings. The van der Waals surface area contributed by atoms with Crippen molar-refractivity contribution in [3.63, 3.8) is 0 Å². The van der Waals surface area contributed by atoms with Gasteiger partial charge in [0.05, 0.1) is 5.69 Å². The van der Waals surface area contributed by atoms with Crippen molar-refractivity contribution in [2.75, 3.05) is 16.8 Å². The summed E-state index contributed by atoms with van der Waals surface area (Å²) in [5.41, 5.74) is 2.00. The van der Waals surface area contributed by atoms with Crippen LogP contribution in [-0.2, 0) is 15.2 Å². The molecule has 152 valence electrons. The van der Waals surface area contributed by atoms with Gasteiger partial charge in [-0.3, -0.25) is 14.5 Å². The summed E-state index contributed by atoms with van der Waals surface area (Å²) in [5, 5.41) is 14.8. The van der Waals surface area contributed by atoms with Gasteiger partial charge in [0.1, 0.15) is 6.54 Å². The Labute approximate surface area is 179 Å². The molecule has 1 aliphatic rings. The molecule has 5 nitrogen and oxygen atoms in total. The van der Waals surface area contributed by atoms with E-state index in [9.17, 15) is 14.7 Å². The van der Waals surface area contributed by atoms with E-state index in [4.69, 9.17) is 11.6 Å². The van der Waals surface area contributed by atoms with Gasteiger partial charge in [-0.2, -0.15) is 0 Å². The minimum Gasteiger partial charge on any atom is -0.372 e. The Morgan fingerprint density at radius 1 is 1.03 bits per heavy atom. The van der Waals surface area contributed by atoms with E-state index in [1.807, 2.05) is 32.0 Å². The van der Waals surface area contributed by atoms with Gasteiger partial charge in [-0.25, -0.2) is 0 Å². The van der Waals surface area contributed by atoms with Crippen LogP contribution in [0.2, 0.25) is 5.02 Å². The largest absolute Gasteiger partial charge is 0.372 e. The Morgan fingerprint density at radius 3 is 2.40 bits per heavy atom. The zero-order valence-corrected chi connectivity index (χ0v) is 17.4. The van der Waals surface area contributed by atoms with Crippen LogP contribution in [0.4, 0.5) is 11.4 Å². The van der Waals surface area contributed by atoms with Crippen LogP contribution in [0.5, 0.6) is 0 Å². The van der Waals surface area contributed by atoms with E-state index < -0.39 is 11.5 Å². The van der Waals surface area contributed by atoms with Crippen molar-refractivity contribution in [2.45, 2.75) is 19.4 Å². The molecule has 0 aromatic heterocycles. The minimum absolute atomic E-state index is 0.216. The van der Waals surface area contributed by atoms with Crippen molar-refractivity contribution in [3.05, 3.63) is 94.0 Å². The highest BCUT2D eigenvalue weighted by atomic mass is 35.5. The molecule has 0 saturated carbocycles. The molecule has 3 aromatic rings. The van der Waals surface area contributed by atoms with E-state index in [0.29, 0.717) is 21.8 Å². The number of para-hydroxylation sites is 2. The maximum Gasteiger partial charge on any atom is 0.268 e. The number of aryl methyl sites for hydroxylation is 2. The molecule has 0 aliphatic carbocycles. The van der Waals surface area contributed by atoms with E-state index in [1.54, 1.807) is 48.5 Å². The van der Waals surface area contributed by atoms with Crippen molar-refractivity contribution in [1.29, 1.82) is 0 Å². The van der Waals surface area contributed by atoms with E-state index in [2.05, 4.69) is 5.32 Å². The molecule has 2 N–H and O–H groups in total. The first-order chi connectivity index (χ1) is 14.3. The van der Waals surface area contributed by atoms with Crippen LogP contribution in [-0.4, -0.2) is 23.5 Å². The number of amides is 2. The molecule has 0 bridgehead atoms. The molecule has 1 unspecified atom stereocenters. The van der Waals surface area contributed by atoms with Crippen LogP contribution in [0, 0.1) is 13.8 Å². The van der Waals surface area contributed by atoms with Gasteiger partial charge >= 0.3 is 0 Å². The average molecular weight is 421 g/mol. The average Bonchev–Trinajstić information content (AvgIpc) is 2.94. The minimum atomic E-state index is -1.90. The predicted molar refractivity (Wildman–Crippen MR) is 118 cm³/mol. The third-order valence-electron chi connectivity index (χ3n) is 5.43. The Bertz CT molecular complexity index is 1140. The number of halogens is 1. The number of rotatable bonds is 4. The number of aliphatic hydroxyl groups is 1. The van der Waals surface area contributed by atoms with Crippen LogP contribution in [0.25, 0.3) is 0 Å². The van der Waals surface area contributed by atoms with Crippen molar-refractivity contribution in [3.8, 4) is 0 Å². The molecule has 2 amide bonds. The van der Waals surface area contributed by atoms with Crippen molar-refractivity contribution in [2.24, 2.45) is 0 Å². The number of hydrogen-bond acceptors (Lipinski definition) is 3. The molecule has 1 aliphatic heterocycles. The summed E-state index contributed by atoms with van der Waals surface area (Å²) in [5.74, 6) is -0.923.